The van der Waals surface area contributed by atoms with Gasteiger partial charge in [-0.2, -0.15) is 0 Å². The molecule has 0 aromatic carbocycles. The van der Waals surface area contributed by atoms with Crippen molar-refractivity contribution < 1.29 is 0 Å². The van der Waals surface area contributed by atoms with Crippen LogP contribution in [0.5, 0.6) is 0 Å². The second kappa shape index (κ2) is 4.96. The van der Waals surface area contributed by atoms with Gasteiger partial charge in [-0.05, 0) is 44.9 Å². The molecule has 1 atom stereocenters. The van der Waals surface area contributed by atoms with Crippen molar-refractivity contribution in [1.82, 2.24) is 10.3 Å². The molecule has 0 fully saturated rings. The highest BCUT2D eigenvalue weighted by Crippen LogP contribution is 2.13. The van der Waals surface area contributed by atoms with Crippen LogP contribution in [0.3, 0.4) is 0 Å². The summed E-state index contributed by atoms with van der Waals surface area (Å²) in [5.41, 5.74) is 8.12. The first kappa shape index (κ1) is 11.0. The molecule has 0 saturated carbocycles. The highest BCUT2D eigenvalue weighted by molar-refractivity contribution is 5.40. The monoisotopic (exact) mass is 193 g/mol. The number of hydrogen-bond acceptors (Lipinski definition) is 3. The van der Waals surface area contributed by atoms with Gasteiger partial charge in [0.15, 0.2) is 0 Å². The molecule has 0 aliphatic rings. The lowest BCUT2D eigenvalue weighted by molar-refractivity contribution is 0.565. The second-order valence-electron chi connectivity index (χ2n) is 3.79. The summed E-state index contributed by atoms with van der Waals surface area (Å²) >= 11 is 0. The summed E-state index contributed by atoms with van der Waals surface area (Å²) in [6.07, 6.45) is 3.88. The third kappa shape index (κ3) is 3.00. The van der Waals surface area contributed by atoms with E-state index >= 15 is 0 Å². The summed E-state index contributed by atoms with van der Waals surface area (Å²) in [5, 5.41) is 3.21. The van der Waals surface area contributed by atoms with Gasteiger partial charge in [0.2, 0.25) is 0 Å². The lowest BCUT2D eigenvalue weighted by Crippen LogP contribution is -2.21. The summed E-state index contributed by atoms with van der Waals surface area (Å²) in [5.74, 6) is 0.666. The second-order valence-corrected chi connectivity index (χ2v) is 3.79. The maximum Gasteiger partial charge on any atom is 0.126 e. The molecule has 0 spiro atoms. The molecule has 1 aromatic heterocycles. The summed E-state index contributed by atoms with van der Waals surface area (Å²) in [7, 11) is 1.97. The minimum absolute atomic E-state index is 0.523. The van der Waals surface area contributed by atoms with Crippen molar-refractivity contribution >= 4 is 5.82 Å². The standard InChI is InChI=1S/C11H19N3/c1-8-6-10(11(12)14-7-8)5-4-9(2)13-3/h6-7,9,13H,4-5H2,1-3H3,(H2,12,14). The zero-order valence-electron chi connectivity index (χ0n) is 9.17. The summed E-state index contributed by atoms with van der Waals surface area (Å²) in [6, 6.07) is 2.64. The van der Waals surface area contributed by atoms with Gasteiger partial charge in [-0.15, -0.1) is 0 Å². The van der Waals surface area contributed by atoms with E-state index in [0.717, 1.165) is 18.4 Å². The van der Waals surface area contributed by atoms with Crippen LogP contribution in [0.1, 0.15) is 24.5 Å². The van der Waals surface area contributed by atoms with Crippen molar-refractivity contribution in [2.45, 2.75) is 32.7 Å². The fourth-order valence-corrected chi connectivity index (χ4v) is 1.36. The maximum atomic E-state index is 5.79. The Morgan fingerprint density at radius 2 is 2.29 bits per heavy atom. The molecular formula is C11H19N3. The van der Waals surface area contributed by atoms with Crippen molar-refractivity contribution in [3.8, 4) is 0 Å². The van der Waals surface area contributed by atoms with Crippen LogP contribution in [-0.4, -0.2) is 18.1 Å². The summed E-state index contributed by atoms with van der Waals surface area (Å²) < 4.78 is 0. The number of nitrogens with two attached hydrogens (primary N) is 1. The number of aryl methyl sites for hydroxylation is 2. The number of nitrogens with one attached hydrogen (secondary N) is 1. The van der Waals surface area contributed by atoms with E-state index in [0.29, 0.717) is 11.9 Å². The van der Waals surface area contributed by atoms with Gasteiger partial charge in [0.05, 0.1) is 0 Å². The zero-order valence-corrected chi connectivity index (χ0v) is 9.17. The van der Waals surface area contributed by atoms with Gasteiger partial charge >= 0.3 is 0 Å². The molecule has 0 aliphatic carbocycles. The molecule has 0 amide bonds. The first-order chi connectivity index (χ1) is 6.63. The Balaban J connectivity index is 2.62. The van der Waals surface area contributed by atoms with Gasteiger partial charge in [-0.3, -0.25) is 0 Å². The molecule has 0 radical (unpaired) electrons. The third-order valence-electron chi connectivity index (χ3n) is 2.48. The van der Waals surface area contributed by atoms with Gasteiger partial charge in [0.1, 0.15) is 5.82 Å². The SMILES string of the molecule is CNC(C)CCc1cc(C)cnc1N. The van der Waals surface area contributed by atoms with Gasteiger partial charge in [0, 0.05) is 12.2 Å². The highest BCUT2D eigenvalue weighted by atomic mass is 14.9. The van der Waals surface area contributed by atoms with E-state index in [1.165, 1.54) is 5.56 Å². The quantitative estimate of drug-likeness (QED) is 0.762. The predicted molar refractivity (Wildman–Crippen MR) is 60.2 cm³/mol. The molecule has 0 bridgehead atoms. The van der Waals surface area contributed by atoms with Gasteiger partial charge in [-0.25, -0.2) is 4.98 Å². The molecule has 0 aliphatic heterocycles. The van der Waals surface area contributed by atoms with Crippen molar-refractivity contribution in [2.24, 2.45) is 0 Å². The van der Waals surface area contributed by atoms with Crippen molar-refractivity contribution in [1.29, 1.82) is 0 Å². The Labute approximate surface area is 85.7 Å². The van der Waals surface area contributed by atoms with Crippen LogP contribution in [0.15, 0.2) is 12.3 Å². The molecule has 3 nitrogen and oxygen atoms in total. The zero-order chi connectivity index (χ0) is 10.6. The van der Waals surface area contributed by atoms with E-state index in [2.05, 4.69) is 23.3 Å². The Morgan fingerprint density at radius 3 is 2.93 bits per heavy atom. The minimum Gasteiger partial charge on any atom is -0.383 e. The molecule has 0 saturated heterocycles. The average Bonchev–Trinajstić information content (AvgIpc) is 2.19. The van der Waals surface area contributed by atoms with Crippen LogP contribution in [0.2, 0.25) is 0 Å². The van der Waals surface area contributed by atoms with Crippen molar-refractivity contribution in [3.63, 3.8) is 0 Å². The van der Waals surface area contributed by atoms with E-state index in [1.807, 2.05) is 14.0 Å². The van der Waals surface area contributed by atoms with Crippen LogP contribution in [0.25, 0.3) is 0 Å². The van der Waals surface area contributed by atoms with Gasteiger partial charge < -0.3 is 11.1 Å². The molecule has 1 aromatic rings. The molecule has 1 heterocycles. The first-order valence-electron chi connectivity index (χ1n) is 5.01. The van der Waals surface area contributed by atoms with E-state index in [1.54, 1.807) is 6.20 Å². The van der Waals surface area contributed by atoms with Gasteiger partial charge in [-0.1, -0.05) is 6.07 Å². The predicted octanol–water partition coefficient (Wildman–Crippen LogP) is 1.51. The average molecular weight is 193 g/mol. The number of anilines is 1. The normalized spacial score (nSPS) is 12.8. The summed E-state index contributed by atoms with van der Waals surface area (Å²) in [6.45, 7) is 4.21. The van der Waals surface area contributed by atoms with Crippen molar-refractivity contribution in [3.05, 3.63) is 23.4 Å². The van der Waals surface area contributed by atoms with Crippen LogP contribution >= 0.6 is 0 Å². The maximum absolute atomic E-state index is 5.79. The van der Waals surface area contributed by atoms with E-state index in [9.17, 15) is 0 Å². The first-order valence-corrected chi connectivity index (χ1v) is 5.01. The van der Waals surface area contributed by atoms with E-state index in [-0.39, 0.29) is 0 Å². The fourth-order valence-electron chi connectivity index (χ4n) is 1.36. The third-order valence-corrected chi connectivity index (χ3v) is 2.48. The molecule has 1 unspecified atom stereocenters. The van der Waals surface area contributed by atoms with Crippen LogP contribution in [-0.2, 0) is 6.42 Å². The van der Waals surface area contributed by atoms with E-state index in [4.69, 9.17) is 5.73 Å². The number of hydrogen-bond donors (Lipinski definition) is 2. The molecule has 3 N–H and O–H groups in total. The Bertz CT molecular complexity index is 297. The van der Waals surface area contributed by atoms with Crippen LogP contribution in [0.4, 0.5) is 5.82 Å². The number of rotatable bonds is 4. The molecule has 14 heavy (non-hydrogen) atoms. The lowest BCUT2D eigenvalue weighted by atomic mass is 10.1. The highest BCUT2D eigenvalue weighted by Gasteiger charge is 2.03. The van der Waals surface area contributed by atoms with Gasteiger partial charge in [0.25, 0.3) is 0 Å². The molecule has 78 valence electrons. The lowest BCUT2D eigenvalue weighted by Gasteiger charge is -2.11. The number of nitrogen functional groups attached to an aromatic ring is 1. The fraction of sp³-hybridized carbons (Fsp3) is 0.545. The topological polar surface area (TPSA) is 50.9 Å². The number of aromatic nitrogens is 1. The molecule has 3 heteroatoms. The van der Waals surface area contributed by atoms with E-state index < -0.39 is 0 Å². The molecule has 1 rings (SSSR count). The largest absolute Gasteiger partial charge is 0.383 e. The Morgan fingerprint density at radius 1 is 1.57 bits per heavy atom. The number of nitrogens with zero attached hydrogens (tertiary/aromatic N) is 1. The smallest absolute Gasteiger partial charge is 0.126 e. The molecular weight excluding hydrogens is 174 g/mol. The number of pyridine rings is 1. The van der Waals surface area contributed by atoms with Crippen LogP contribution in [0, 0.1) is 6.92 Å². The van der Waals surface area contributed by atoms with Crippen LogP contribution < -0.4 is 11.1 Å². The summed E-state index contributed by atoms with van der Waals surface area (Å²) in [4.78, 5) is 4.14. The van der Waals surface area contributed by atoms with Crippen molar-refractivity contribution in [2.75, 3.05) is 12.8 Å². The minimum atomic E-state index is 0.523. The Hall–Kier alpha value is -1.09. The Kier molecular flexibility index (Phi) is 3.89.